The van der Waals surface area contributed by atoms with E-state index in [1.807, 2.05) is 0 Å². The molecular weight excluding hydrogens is 641 g/mol. The summed E-state index contributed by atoms with van der Waals surface area (Å²) >= 11 is 14.1. The molecule has 0 unspecified atom stereocenters. The van der Waals surface area contributed by atoms with Gasteiger partial charge in [0.25, 0.3) is 11.1 Å². The van der Waals surface area contributed by atoms with Crippen LogP contribution in [0.25, 0.3) is 6.08 Å². The lowest BCUT2D eigenvalue weighted by molar-refractivity contribution is -0.123. The number of hydrogen-bond acceptors (Lipinski definition) is 6. The van der Waals surface area contributed by atoms with E-state index in [4.69, 9.17) is 25.8 Å². The molecule has 1 saturated heterocycles. The molecule has 0 atom stereocenters. The minimum atomic E-state index is -0.425. The molecule has 3 aromatic carbocycles. The second-order valence-corrected chi connectivity index (χ2v) is 10.9. The van der Waals surface area contributed by atoms with E-state index in [1.54, 1.807) is 48.5 Å². The number of carbonyl (C=O) groups is 2. The molecule has 3 aromatic rings. The average molecular weight is 656 g/mol. The molecule has 6 nitrogen and oxygen atoms in total. The predicted molar refractivity (Wildman–Crippen MR) is 142 cm³/mol. The highest BCUT2D eigenvalue weighted by Gasteiger charge is 2.36. The average Bonchev–Trinajstić information content (AvgIpc) is 3.38. The van der Waals surface area contributed by atoms with Crippen LogP contribution in [0.2, 0.25) is 5.02 Å². The standard InChI is InChI=1S/C25H15Br2ClFNO5S/c26-16-5-13(6-17(27)23(16)33-11-14-3-1-2-4-19(14)29)7-22-24(31)30(25(32)36-22)10-15-8-20-21(9-18(15)28)35-12-34-20/h1-9H,10-12H2/b22-7-. The number of amides is 2. The first-order chi connectivity index (χ1) is 17.3. The van der Waals surface area contributed by atoms with Crippen molar-refractivity contribution in [3.63, 3.8) is 0 Å². The molecule has 2 amide bonds. The van der Waals surface area contributed by atoms with Gasteiger partial charge in [-0.15, -0.1) is 0 Å². The van der Waals surface area contributed by atoms with Crippen molar-refractivity contribution in [3.05, 3.63) is 89.9 Å². The highest BCUT2D eigenvalue weighted by molar-refractivity contribution is 9.11. The van der Waals surface area contributed by atoms with Crippen LogP contribution in [0.1, 0.15) is 16.7 Å². The molecule has 0 bridgehead atoms. The summed E-state index contributed by atoms with van der Waals surface area (Å²) in [5.74, 6) is 0.755. The summed E-state index contributed by atoms with van der Waals surface area (Å²) in [5.41, 5.74) is 1.67. The Balaban J connectivity index is 1.33. The van der Waals surface area contributed by atoms with Crippen LogP contribution in [0.15, 0.2) is 62.4 Å². The third-order valence-corrected chi connectivity index (χ3v) is 7.83. The van der Waals surface area contributed by atoms with E-state index in [0.717, 1.165) is 16.7 Å². The van der Waals surface area contributed by atoms with Gasteiger partial charge in [0.2, 0.25) is 6.79 Å². The lowest BCUT2D eigenvalue weighted by Gasteiger charge is -2.14. The highest BCUT2D eigenvalue weighted by atomic mass is 79.9. The van der Waals surface area contributed by atoms with Gasteiger partial charge in [-0.25, -0.2) is 4.39 Å². The van der Waals surface area contributed by atoms with Crippen molar-refractivity contribution in [3.8, 4) is 17.2 Å². The third-order valence-electron chi connectivity index (χ3n) is 5.39. The Morgan fingerprint density at radius 3 is 2.47 bits per heavy atom. The molecule has 5 rings (SSSR count). The molecule has 184 valence electrons. The Hall–Kier alpha value is -2.53. The van der Waals surface area contributed by atoms with Crippen LogP contribution in [-0.2, 0) is 17.9 Å². The van der Waals surface area contributed by atoms with Crippen molar-refractivity contribution < 1.29 is 28.2 Å². The van der Waals surface area contributed by atoms with E-state index in [0.29, 0.717) is 47.9 Å². The van der Waals surface area contributed by atoms with E-state index in [1.165, 1.54) is 6.07 Å². The summed E-state index contributed by atoms with van der Waals surface area (Å²) in [6.45, 7) is 0.149. The lowest BCUT2D eigenvalue weighted by atomic mass is 10.1. The molecule has 0 aliphatic carbocycles. The molecule has 0 radical (unpaired) electrons. The number of imide groups is 1. The van der Waals surface area contributed by atoms with Crippen molar-refractivity contribution in [1.82, 2.24) is 4.90 Å². The molecule has 0 saturated carbocycles. The Morgan fingerprint density at radius 2 is 1.75 bits per heavy atom. The van der Waals surface area contributed by atoms with Crippen LogP contribution in [0.3, 0.4) is 0 Å². The monoisotopic (exact) mass is 653 g/mol. The fourth-order valence-electron chi connectivity index (χ4n) is 3.60. The molecule has 2 aliphatic heterocycles. The van der Waals surface area contributed by atoms with Crippen LogP contribution >= 0.6 is 55.2 Å². The largest absolute Gasteiger partial charge is 0.486 e. The van der Waals surface area contributed by atoms with Crippen molar-refractivity contribution in [2.24, 2.45) is 0 Å². The summed E-state index contributed by atoms with van der Waals surface area (Å²) in [7, 11) is 0. The minimum Gasteiger partial charge on any atom is -0.486 e. The summed E-state index contributed by atoms with van der Waals surface area (Å²) in [4.78, 5) is 27.1. The number of benzene rings is 3. The summed E-state index contributed by atoms with van der Waals surface area (Å²) in [5, 5.41) is -0.0240. The lowest BCUT2D eigenvalue weighted by Crippen LogP contribution is -2.27. The van der Waals surface area contributed by atoms with Gasteiger partial charge in [0, 0.05) is 16.7 Å². The van der Waals surface area contributed by atoms with Crippen molar-refractivity contribution in [2.45, 2.75) is 13.2 Å². The maximum Gasteiger partial charge on any atom is 0.293 e. The summed E-state index contributed by atoms with van der Waals surface area (Å²) < 4.78 is 31.6. The van der Waals surface area contributed by atoms with E-state index in [-0.39, 0.29) is 30.7 Å². The van der Waals surface area contributed by atoms with Crippen LogP contribution in [-0.4, -0.2) is 22.8 Å². The zero-order valence-electron chi connectivity index (χ0n) is 18.2. The van der Waals surface area contributed by atoms with Gasteiger partial charge in [-0.1, -0.05) is 29.8 Å². The van der Waals surface area contributed by atoms with E-state index in [2.05, 4.69) is 31.9 Å². The molecule has 2 heterocycles. The second kappa shape index (κ2) is 10.5. The van der Waals surface area contributed by atoms with Gasteiger partial charge >= 0.3 is 0 Å². The number of hydrogen-bond donors (Lipinski definition) is 0. The number of thioether (sulfide) groups is 1. The second-order valence-electron chi connectivity index (χ2n) is 7.76. The van der Waals surface area contributed by atoms with Gasteiger partial charge in [0.15, 0.2) is 11.5 Å². The van der Waals surface area contributed by atoms with Crippen LogP contribution < -0.4 is 14.2 Å². The first-order valence-corrected chi connectivity index (χ1v) is 13.3. The first-order valence-electron chi connectivity index (χ1n) is 10.5. The van der Waals surface area contributed by atoms with E-state index >= 15 is 0 Å². The van der Waals surface area contributed by atoms with Crippen molar-refractivity contribution in [2.75, 3.05) is 6.79 Å². The number of rotatable bonds is 6. The van der Waals surface area contributed by atoms with Crippen LogP contribution in [0, 0.1) is 5.82 Å². The van der Waals surface area contributed by atoms with E-state index in [9.17, 15) is 14.0 Å². The maximum absolute atomic E-state index is 13.9. The minimum absolute atomic E-state index is 0.00763. The van der Waals surface area contributed by atoms with Crippen molar-refractivity contribution >= 4 is 72.4 Å². The van der Waals surface area contributed by atoms with Gasteiger partial charge in [0.05, 0.1) is 20.4 Å². The number of carbonyl (C=O) groups excluding carboxylic acids is 2. The first kappa shape index (κ1) is 25.1. The fourth-order valence-corrected chi connectivity index (χ4v) is 6.11. The van der Waals surface area contributed by atoms with Gasteiger partial charge in [-0.3, -0.25) is 14.5 Å². The topological polar surface area (TPSA) is 65.1 Å². The molecule has 1 fully saturated rings. The van der Waals surface area contributed by atoms with Gasteiger partial charge in [0.1, 0.15) is 18.2 Å². The summed E-state index contributed by atoms with van der Waals surface area (Å²) in [6.07, 6.45) is 1.63. The van der Waals surface area contributed by atoms with Gasteiger partial charge in [-0.2, -0.15) is 0 Å². The summed E-state index contributed by atoms with van der Waals surface area (Å²) in [6, 6.07) is 13.2. The van der Waals surface area contributed by atoms with Gasteiger partial charge in [-0.05, 0) is 85.1 Å². The molecule has 0 spiro atoms. The van der Waals surface area contributed by atoms with Crippen LogP contribution in [0.4, 0.5) is 9.18 Å². The third kappa shape index (κ3) is 5.13. The van der Waals surface area contributed by atoms with Crippen molar-refractivity contribution in [1.29, 1.82) is 0 Å². The molecule has 0 aromatic heterocycles. The van der Waals surface area contributed by atoms with Crippen LogP contribution in [0.5, 0.6) is 17.2 Å². The zero-order valence-corrected chi connectivity index (χ0v) is 23.0. The Kier molecular flexibility index (Phi) is 7.30. The maximum atomic E-state index is 13.9. The Morgan fingerprint density at radius 1 is 1.06 bits per heavy atom. The van der Waals surface area contributed by atoms with E-state index < -0.39 is 11.1 Å². The normalized spacial score (nSPS) is 15.8. The quantitative estimate of drug-likeness (QED) is 0.256. The molecule has 36 heavy (non-hydrogen) atoms. The van der Waals surface area contributed by atoms with Gasteiger partial charge < -0.3 is 14.2 Å². The fraction of sp³-hybridized carbons (Fsp3) is 0.120. The molecule has 2 aliphatic rings. The molecule has 0 N–H and O–H groups in total. The Labute approximate surface area is 231 Å². The number of ether oxygens (including phenoxy) is 3. The molecular formula is C25H15Br2ClFNO5S. The smallest absolute Gasteiger partial charge is 0.293 e. The number of fused-ring (bicyclic) bond motifs is 1. The predicted octanol–water partition coefficient (Wildman–Crippen LogP) is 7.55. The zero-order chi connectivity index (χ0) is 25.4. The SMILES string of the molecule is O=C1S/C(=C\c2cc(Br)c(OCc3ccccc3F)c(Br)c2)C(=O)N1Cc1cc2c(cc1Cl)OCO2. The highest BCUT2D eigenvalue weighted by Crippen LogP contribution is 2.41. The number of nitrogens with zero attached hydrogens (tertiary/aromatic N) is 1. The molecule has 11 heteroatoms. The Bertz CT molecular complexity index is 1410. The number of halogens is 4.